The van der Waals surface area contributed by atoms with Crippen molar-refractivity contribution in [2.75, 3.05) is 23.7 Å². The molecule has 0 saturated carbocycles. The second kappa shape index (κ2) is 7.76. The Balaban J connectivity index is 1.94. The maximum Gasteiger partial charge on any atom is 0.229 e. The largest absolute Gasteiger partial charge is 0.342 e. The Morgan fingerprint density at radius 1 is 1.26 bits per heavy atom. The van der Waals surface area contributed by atoms with Gasteiger partial charge in [-0.1, -0.05) is 19.4 Å². The second-order valence-corrected chi connectivity index (χ2v) is 5.85. The first-order valence-corrected chi connectivity index (χ1v) is 7.96. The van der Waals surface area contributed by atoms with Gasteiger partial charge in [0, 0.05) is 37.8 Å². The molecule has 0 unspecified atom stereocenters. The van der Waals surface area contributed by atoms with E-state index in [4.69, 9.17) is 0 Å². The lowest BCUT2D eigenvalue weighted by Gasteiger charge is -2.16. The van der Waals surface area contributed by atoms with Gasteiger partial charge >= 0.3 is 0 Å². The molecule has 0 radical (unpaired) electrons. The van der Waals surface area contributed by atoms with Crippen LogP contribution in [0.4, 0.5) is 11.4 Å². The van der Waals surface area contributed by atoms with Crippen LogP contribution in [0.1, 0.15) is 33.1 Å². The SMILES string of the molecule is CCCCN1C[C@H](C(=O)Nc2cccc(NC(C)=O)c2)CC1=O. The lowest BCUT2D eigenvalue weighted by Crippen LogP contribution is -2.29. The number of amides is 3. The van der Waals surface area contributed by atoms with Crippen molar-refractivity contribution in [3.05, 3.63) is 24.3 Å². The molecule has 0 aliphatic carbocycles. The summed E-state index contributed by atoms with van der Waals surface area (Å²) in [7, 11) is 0. The monoisotopic (exact) mass is 317 g/mol. The van der Waals surface area contributed by atoms with E-state index >= 15 is 0 Å². The van der Waals surface area contributed by atoms with E-state index in [1.165, 1.54) is 6.92 Å². The van der Waals surface area contributed by atoms with E-state index in [0.717, 1.165) is 19.4 Å². The van der Waals surface area contributed by atoms with E-state index in [9.17, 15) is 14.4 Å². The quantitative estimate of drug-likeness (QED) is 0.844. The molecular formula is C17H23N3O3. The van der Waals surface area contributed by atoms with Gasteiger partial charge in [-0.15, -0.1) is 0 Å². The third-order valence-electron chi connectivity index (χ3n) is 3.82. The number of benzene rings is 1. The maximum absolute atomic E-state index is 12.3. The molecule has 1 saturated heterocycles. The van der Waals surface area contributed by atoms with Crippen molar-refractivity contribution >= 4 is 29.1 Å². The van der Waals surface area contributed by atoms with E-state index < -0.39 is 0 Å². The predicted octanol–water partition coefficient (Wildman–Crippen LogP) is 2.23. The number of carbonyl (C=O) groups is 3. The highest BCUT2D eigenvalue weighted by Crippen LogP contribution is 2.21. The minimum atomic E-state index is -0.316. The molecule has 6 nitrogen and oxygen atoms in total. The topological polar surface area (TPSA) is 78.5 Å². The number of carbonyl (C=O) groups excluding carboxylic acids is 3. The number of likely N-dealkylation sites (tertiary alicyclic amines) is 1. The first-order chi connectivity index (χ1) is 11.0. The highest BCUT2D eigenvalue weighted by Gasteiger charge is 2.33. The molecule has 1 aromatic rings. The molecule has 1 aliphatic rings. The van der Waals surface area contributed by atoms with Crippen LogP contribution < -0.4 is 10.6 Å². The molecule has 0 spiro atoms. The molecular weight excluding hydrogens is 294 g/mol. The molecule has 3 amide bonds. The van der Waals surface area contributed by atoms with E-state index in [2.05, 4.69) is 17.6 Å². The van der Waals surface area contributed by atoms with Crippen LogP contribution in [0.3, 0.4) is 0 Å². The van der Waals surface area contributed by atoms with E-state index in [-0.39, 0.29) is 30.1 Å². The van der Waals surface area contributed by atoms with Crippen molar-refractivity contribution in [2.24, 2.45) is 5.92 Å². The van der Waals surface area contributed by atoms with Gasteiger partial charge < -0.3 is 15.5 Å². The van der Waals surface area contributed by atoms with Gasteiger partial charge in [-0.05, 0) is 24.6 Å². The zero-order valence-electron chi connectivity index (χ0n) is 13.6. The van der Waals surface area contributed by atoms with Crippen LogP contribution in [-0.2, 0) is 14.4 Å². The summed E-state index contributed by atoms with van der Waals surface area (Å²) in [5.74, 6) is -0.590. The van der Waals surface area contributed by atoms with Crippen molar-refractivity contribution in [3.8, 4) is 0 Å². The molecule has 124 valence electrons. The number of hydrogen-bond donors (Lipinski definition) is 2. The summed E-state index contributed by atoms with van der Waals surface area (Å²) in [6.07, 6.45) is 2.25. The molecule has 0 bridgehead atoms. The van der Waals surface area contributed by atoms with Gasteiger partial charge in [0.1, 0.15) is 0 Å². The van der Waals surface area contributed by atoms with Gasteiger partial charge in [0.2, 0.25) is 17.7 Å². The molecule has 1 heterocycles. The lowest BCUT2D eigenvalue weighted by molar-refractivity contribution is -0.128. The number of anilines is 2. The Hall–Kier alpha value is -2.37. The average molecular weight is 317 g/mol. The highest BCUT2D eigenvalue weighted by molar-refractivity contribution is 5.98. The standard InChI is InChI=1S/C17H23N3O3/c1-3-4-8-20-11-13(9-16(20)22)17(23)19-15-7-5-6-14(10-15)18-12(2)21/h5-7,10,13H,3-4,8-9,11H2,1-2H3,(H,18,21)(H,19,23)/t13-/m1/s1. The van der Waals surface area contributed by atoms with Crippen LogP contribution in [-0.4, -0.2) is 35.7 Å². The number of rotatable bonds is 6. The highest BCUT2D eigenvalue weighted by atomic mass is 16.2. The third-order valence-corrected chi connectivity index (χ3v) is 3.82. The van der Waals surface area contributed by atoms with Gasteiger partial charge in [-0.25, -0.2) is 0 Å². The second-order valence-electron chi connectivity index (χ2n) is 5.85. The van der Waals surface area contributed by atoms with E-state index in [1.54, 1.807) is 29.2 Å². The van der Waals surface area contributed by atoms with Gasteiger partial charge in [-0.2, -0.15) is 0 Å². The minimum Gasteiger partial charge on any atom is -0.342 e. The van der Waals surface area contributed by atoms with Crippen molar-refractivity contribution in [2.45, 2.75) is 33.1 Å². The van der Waals surface area contributed by atoms with Crippen LogP contribution in [0.15, 0.2) is 24.3 Å². The molecule has 6 heteroatoms. The van der Waals surface area contributed by atoms with E-state index in [1.807, 2.05) is 0 Å². The Kier molecular flexibility index (Phi) is 5.73. The zero-order chi connectivity index (χ0) is 16.8. The molecule has 23 heavy (non-hydrogen) atoms. The Morgan fingerprint density at radius 3 is 2.61 bits per heavy atom. The predicted molar refractivity (Wildman–Crippen MR) is 89.0 cm³/mol. The molecule has 0 aromatic heterocycles. The minimum absolute atomic E-state index is 0.0468. The van der Waals surface area contributed by atoms with E-state index in [0.29, 0.717) is 17.9 Å². The summed E-state index contributed by atoms with van der Waals surface area (Å²) in [5, 5.41) is 5.50. The fraction of sp³-hybridized carbons (Fsp3) is 0.471. The zero-order valence-corrected chi connectivity index (χ0v) is 13.6. The molecule has 1 fully saturated rings. The average Bonchev–Trinajstić information content (AvgIpc) is 2.86. The van der Waals surface area contributed by atoms with Crippen LogP contribution in [0.25, 0.3) is 0 Å². The number of nitrogens with one attached hydrogen (secondary N) is 2. The summed E-state index contributed by atoms with van der Waals surface area (Å²) in [5.41, 5.74) is 1.24. The van der Waals surface area contributed by atoms with Crippen LogP contribution in [0, 0.1) is 5.92 Å². The van der Waals surface area contributed by atoms with Gasteiger partial charge in [0.05, 0.1) is 5.92 Å². The number of nitrogens with zero attached hydrogens (tertiary/aromatic N) is 1. The summed E-state index contributed by atoms with van der Waals surface area (Å²) in [6, 6.07) is 6.97. The molecule has 1 aromatic carbocycles. The lowest BCUT2D eigenvalue weighted by atomic mass is 10.1. The fourth-order valence-corrected chi connectivity index (χ4v) is 2.64. The summed E-state index contributed by atoms with van der Waals surface area (Å²) >= 11 is 0. The smallest absolute Gasteiger partial charge is 0.229 e. The van der Waals surface area contributed by atoms with Crippen molar-refractivity contribution < 1.29 is 14.4 Å². The maximum atomic E-state index is 12.3. The summed E-state index contributed by atoms with van der Waals surface area (Å²) in [6.45, 7) is 4.71. The molecule has 1 aliphatic heterocycles. The first kappa shape index (κ1) is 17.0. The van der Waals surface area contributed by atoms with Crippen molar-refractivity contribution in [1.29, 1.82) is 0 Å². The van der Waals surface area contributed by atoms with Crippen LogP contribution in [0.5, 0.6) is 0 Å². The third kappa shape index (κ3) is 4.81. The Bertz CT molecular complexity index is 601. The molecule has 2 N–H and O–H groups in total. The summed E-state index contributed by atoms with van der Waals surface area (Å²) < 4.78 is 0. The van der Waals surface area contributed by atoms with Gasteiger partial charge in [0.15, 0.2) is 0 Å². The Morgan fingerprint density at radius 2 is 1.96 bits per heavy atom. The fourth-order valence-electron chi connectivity index (χ4n) is 2.64. The van der Waals surface area contributed by atoms with Crippen LogP contribution >= 0.6 is 0 Å². The normalized spacial score (nSPS) is 17.2. The van der Waals surface area contributed by atoms with Gasteiger partial charge in [-0.3, -0.25) is 14.4 Å². The first-order valence-electron chi connectivity index (χ1n) is 7.96. The summed E-state index contributed by atoms with van der Waals surface area (Å²) in [4.78, 5) is 37.1. The van der Waals surface area contributed by atoms with Crippen molar-refractivity contribution in [3.63, 3.8) is 0 Å². The number of unbranched alkanes of at least 4 members (excludes halogenated alkanes) is 1. The number of hydrogen-bond acceptors (Lipinski definition) is 3. The van der Waals surface area contributed by atoms with Crippen molar-refractivity contribution in [1.82, 2.24) is 4.90 Å². The molecule has 1 atom stereocenters. The van der Waals surface area contributed by atoms with Crippen LogP contribution in [0.2, 0.25) is 0 Å². The molecule has 2 rings (SSSR count). The Labute approximate surface area is 136 Å². The van der Waals surface area contributed by atoms with Gasteiger partial charge in [0.25, 0.3) is 0 Å².